The lowest BCUT2D eigenvalue weighted by Gasteiger charge is -2.20. The number of hydrogen-bond acceptors (Lipinski definition) is 3. The highest BCUT2D eigenvalue weighted by Crippen LogP contribution is 2.24. The number of pyridine rings is 1. The highest BCUT2D eigenvalue weighted by molar-refractivity contribution is 6.07. The fraction of sp³-hybridized carbons (Fsp3) is 0.188. The molecule has 1 heterocycles. The largest absolute Gasteiger partial charge is 0.481 e. The van der Waals surface area contributed by atoms with E-state index in [9.17, 15) is 14.7 Å². The zero-order chi connectivity index (χ0) is 14.8. The summed E-state index contributed by atoms with van der Waals surface area (Å²) in [7, 11) is 0. The van der Waals surface area contributed by atoms with E-state index in [0.717, 1.165) is 0 Å². The number of carbonyl (C=O) groups is 2. The molecule has 20 heavy (non-hydrogen) atoms. The Hall–Kier alpha value is -2.49. The number of ketones is 1. The molecule has 1 aromatic carbocycles. The number of benzene rings is 1. The normalized spacial score (nSPS) is 11.1. The number of aliphatic carboxylic acids is 1. The second-order valence-electron chi connectivity index (χ2n) is 5.06. The Balaban J connectivity index is 2.41. The zero-order valence-electron chi connectivity index (χ0n) is 11.3. The van der Waals surface area contributed by atoms with Crippen LogP contribution in [0.3, 0.4) is 0 Å². The van der Waals surface area contributed by atoms with Gasteiger partial charge >= 0.3 is 5.97 Å². The summed E-state index contributed by atoms with van der Waals surface area (Å²) >= 11 is 0. The molecule has 4 heteroatoms. The molecule has 0 unspecified atom stereocenters. The molecular formula is C16H15NO3. The van der Waals surface area contributed by atoms with Gasteiger partial charge in [0.05, 0.1) is 5.41 Å². The summed E-state index contributed by atoms with van der Waals surface area (Å²) in [5.41, 5.74) is 0.334. The Morgan fingerprint density at radius 2 is 1.85 bits per heavy atom. The summed E-state index contributed by atoms with van der Waals surface area (Å²) < 4.78 is 0. The summed E-state index contributed by atoms with van der Waals surface area (Å²) in [4.78, 5) is 27.6. The second kappa shape index (κ2) is 5.25. The molecule has 0 saturated heterocycles. The Labute approximate surface area is 117 Å². The number of carboxylic acid groups (broad SMARTS) is 1. The predicted octanol–water partition coefficient (Wildman–Crippen LogP) is 2.67. The Morgan fingerprint density at radius 1 is 1.10 bits per heavy atom. The fourth-order valence-corrected chi connectivity index (χ4v) is 1.82. The molecule has 1 aromatic heterocycles. The monoisotopic (exact) mass is 269 g/mol. The fourth-order valence-electron chi connectivity index (χ4n) is 1.82. The van der Waals surface area contributed by atoms with Crippen LogP contribution in [0.15, 0.2) is 48.7 Å². The van der Waals surface area contributed by atoms with Crippen LogP contribution in [0.2, 0.25) is 0 Å². The van der Waals surface area contributed by atoms with Crippen molar-refractivity contribution >= 4 is 11.8 Å². The van der Waals surface area contributed by atoms with Gasteiger partial charge in [0.25, 0.3) is 0 Å². The van der Waals surface area contributed by atoms with Crippen molar-refractivity contribution in [1.82, 2.24) is 4.98 Å². The maximum atomic E-state index is 12.3. The molecule has 0 fully saturated rings. The number of aromatic nitrogens is 1. The molecule has 4 nitrogen and oxygen atoms in total. The average molecular weight is 269 g/mol. The number of nitrogens with zero attached hydrogens (tertiary/aromatic N) is 1. The van der Waals surface area contributed by atoms with Crippen molar-refractivity contribution in [1.29, 1.82) is 0 Å². The summed E-state index contributed by atoms with van der Waals surface area (Å²) in [6.45, 7) is 3.22. The number of carbonyl (C=O) groups excluding carboxylic acids is 1. The van der Waals surface area contributed by atoms with E-state index in [4.69, 9.17) is 0 Å². The van der Waals surface area contributed by atoms with Crippen LogP contribution in [-0.4, -0.2) is 21.8 Å². The highest BCUT2D eigenvalue weighted by atomic mass is 16.4. The highest BCUT2D eigenvalue weighted by Gasteiger charge is 2.29. The summed E-state index contributed by atoms with van der Waals surface area (Å²) in [5.74, 6) is -1.14. The quantitative estimate of drug-likeness (QED) is 0.866. The zero-order valence-corrected chi connectivity index (χ0v) is 11.3. The molecule has 0 amide bonds. The first kappa shape index (κ1) is 13.9. The molecule has 0 saturated carbocycles. The van der Waals surface area contributed by atoms with Crippen molar-refractivity contribution in [2.24, 2.45) is 0 Å². The van der Waals surface area contributed by atoms with Crippen molar-refractivity contribution in [3.05, 3.63) is 65.5 Å². The first-order valence-corrected chi connectivity index (χ1v) is 6.22. The molecule has 102 valence electrons. The van der Waals surface area contributed by atoms with Gasteiger partial charge in [-0.25, -0.2) is 0 Å². The van der Waals surface area contributed by atoms with Gasteiger partial charge < -0.3 is 5.11 Å². The first-order valence-electron chi connectivity index (χ1n) is 6.22. The molecule has 0 aliphatic rings. The molecule has 2 aromatic rings. The maximum absolute atomic E-state index is 12.3. The van der Waals surface area contributed by atoms with E-state index in [1.54, 1.807) is 62.5 Å². The molecule has 0 aliphatic carbocycles. The Bertz CT molecular complexity index is 648. The molecule has 0 radical (unpaired) electrons. The Morgan fingerprint density at radius 3 is 2.45 bits per heavy atom. The molecule has 0 atom stereocenters. The minimum absolute atomic E-state index is 0.214. The minimum atomic E-state index is -1.04. The number of carboxylic acids is 1. The molecule has 0 aliphatic heterocycles. The van der Waals surface area contributed by atoms with E-state index in [2.05, 4.69) is 4.98 Å². The first-order chi connectivity index (χ1) is 9.43. The molecule has 1 N–H and O–H groups in total. The molecular weight excluding hydrogens is 254 g/mol. The van der Waals surface area contributed by atoms with Gasteiger partial charge in [-0.3, -0.25) is 14.6 Å². The maximum Gasteiger partial charge on any atom is 0.313 e. The van der Waals surface area contributed by atoms with Gasteiger partial charge in [0.1, 0.15) is 5.69 Å². The van der Waals surface area contributed by atoms with Crippen molar-refractivity contribution in [2.75, 3.05) is 0 Å². The number of hydrogen-bond donors (Lipinski definition) is 1. The van der Waals surface area contributed by atoms with Crippen LogP contribution in [-0.2, 0) is 10.2 Å². The third kappa shape index (κ3) is 2.59. The lowest BCUT2D eigenvalue weighted by Crippen LogP contribution is -2.28. The topological polar surface area (TPSA) is 67.3 Å². The predicted molar refractivity (Wildman–Crippen MR) is 74.8 cm³/mol. The van der Waals surface area contributed by atoms with Gasteiger partial charge in [-0.05, 0) is 37.6 Å². The van der Waals surface area contributed by atoms with Crippen LogP contribution >= 0.6 is 0 Å². The molecule has 0 spiro atoms. The van der Waals surface area contributed by atoms with Crippen molar-refractivity contribution in [3.8, 4) is 0 Å². The van der Waals surface area contributed by atoms with Gasteiger partial charge in [0, 0.05) is 11.8 Å². The smallest absolute Gasteiger partial charge is 0.313 e. The third-order valence-electron chi connectivity index (χ3n) is 3.28. The van der Waals surface area contributed by atoms with Gasteiger partial charge in [0.2, 0.25) is 5.78 Å². The van der Waals surface area contributed by atoms with Crippen molar-refractivity contribution in [2.45, 2.75) is 19.3 Å². The summed E-state index contributed by atoms with van der Waals surface area (Å²) in [6, 6.07) is 11.8. The minimum Gasteiger partial charge on any atom is -0.481 e. The SMILES string of the molecule is CC(C)(C(=O)O)c1cccc(C(=O)c2ccccn2)c1. The summed E-state index contributed by atoms with van der Waals surface area (Å²) in [5, 5.41) is 9.24. The van der Waals surface area contributed by atoms with Crippen LogP contribution in [0.25, 0.3) is 0 Å². The van der Waals surface area contributed by atoms with Crippen LogP contribution < -0.4 is 0 Å². The molecule has 0 bridgehead atoms. The van der Waals surface area contributed by atoms with Gasteiger partial charge in [-0.1, -0.05) is 24.3 Å². The van der Waals surface area contributed by atoms with E-state index in [1.165, 1.54) is 0 Å². The van der Waals surface area contributed by atoms with E-state index < -0.39 is 11.4 Å². The van der Waals surface area contributed by atoms with E-state index in [0.29, 0.717) is 16.8 Å². The summed E-state index contributed by atoms with van der Waals surface area (Å²) in [6.07, 6.45) is 1.55. The van der Waals surface area contributed by atoms with Crippen LogP contribution in [0, 0.1) is 0 Å². The number of rotatable bonds is 4. The lowest BCUT2D eigenvalue weighted by molar-refractivity contribution is -0.142. The molecule has 2 rings (SSSR count). The van der Waals surface area contributed by atoms with Crippen LogP contribution in [0.4, 0.5) is 0 Å². The van der Waals surface area contributed by atoms with Crippen LogP contribution in [0.1, 0.15) is 35.5 Å². The van der Waals surface area contributed by atoms with Gasteiger partial charge in [-0.2, -0.15) is 0 Å². The Kier molecular flexibility index (Phi) is 3.66. The third-order valence-corrected chi connectivity index (χ3v) is 3.28. The van der Waals surface area contributed by atoms with Gasteiger partial charge in [0.15, 0.2) is 0 Å². The standard InChI is InChI=1S/C16H15NO3/c1-16(2,15(19)20)12-7-5-6-11(10-12)14(18)13-8-3-4-9-17-13/h3-10H,1-2H3,(H,19,20). The van der Waals surface area contributed by atoms with E-state index >= 15 is 0 Å². The average Bonchev–Trinajstić information content (AvgIpc) is 2.47. The van der Waals surface area contributed by atoms with E-state index in [-0.39, 0.29) is 5.78 Å². The van der Waals surface area contributed by atoms with Crippen molar-refractivity contribution < 1.29 is 14.7 Å². The second-order valence-corrected chi connectivity index (χ2v) is 5.06. The van der Waals surface area contributed by atoms with Crippen LogP contribution in [0.5, 0.6) is 0 Å². The van der Waals surface area contributed by atoms with E-state index in [1.807, 2.05) is 0 Å². The lowest BCUT2D eigenvalue weighted by atomic mass is 9.83. The van der Waals surface area contributed by atoms with Crippen molar-refractivity contribution in [3.63, 3.8) is 0 Å². The van der Waals surface area contributed by atoms with Gasteiger partial charge in [-0.15, -0.1) is 0 Å².